The number of nitrogens with zero attached hydrogens (tertiary/aromatic N) is 1. The molecule has 0 radical (unpaired) electrons. The summed E-state index contributed by atoms with van der Waals surface area (Å²) in [5, 5.41) is 0. The van der Waals surface area contributed by atoms with E-state index in [4.69, 9.17) is 0 Å². The van der Waals surface area contributed by atoms with Crippen LogP contribution in [-0.4, -0.2) is 43.3 Å². The summed E-state index contributed by atoms with van der Waals surface area (Å²) >= 11 is 3.44. The summed E-state index contributed by atoms with van der Waals surface area (Å²) in [5.74, 6) is 0.158. The van der Waals surface area contributed by atoms with Crippen LogP contribution in [-0.2, 0) is 4.79 Å². The van der Waals surface area contributed by atoms with E-state index in [2.05, 4.69) is 73.0 Å². The smallest absolute Gasteiger partial charge is 0.187 e. The molecule has 1 saturated heterocycles. The Morgan fingerprint density at radius 2 is 1.15 bits per heavy atom. The van der Waals surface area contributed by atoms with E-state index in [1.54, 1.807) is 23.5 Å². The molecule has 2 aromatic rings. The summed E-state index contributed by atoms with van der Waals surface area (Å²) < 4.78 is 0. The van der Waals surface area contributed by atoms with Crippen molar-refractivity contribution < 1.29 is 4.79 Å². The number of carbonyl (C=O) groups is 1. The quantitative estimate of drug-likeness (QED) is 0.541. The zero-order valence-electron chi connectivity index (χ0n) is 15.4. The minimum Gasteiger partial charge on any atom is -0.298 e. The van der Waals surface area contributed by atoms with Crippen molar-refractivity contribution >= 4 is 41.5 Å². The molecule has 1 aliphatic heterocycles. The van der Waals surface area contributed by atoms with Gasteiger partial charge in [-0.25, -0.2) is 0 Å². The molecular formula is C22H23NOS2. The van der Waals surface area contributed by atoms with Gasteiger partial charge in [-0.3, -0.25) is 9.69 Å². The number of hydrogen-bond donors (Lipinski definition) is 0. The van der Waals surface area contributed by atoms with Crippen LogP contribution in [0.1, 0.15) is 11.1 Å². The average molecular weight is 382 g/mol. The van der Waals surface area contributed by atoms with Crippen LogP contribution in [0.2, 0.25) is 0 Å². The fourth-order valence-corrected chi connectivity index (χ4v) is 3.83. The number of Topliss-reactive ketones (excluding diaryl/α,β-unsaturated/α-hetero) is 1. The second kappa shape index (κ2) is 8.76. The molecule has 0 atom stereocenters. The van der Waals surface area contributed by atoms with Crippen molar-refractivity contribution in [1.82, 2.24) is 4.90 Å². The lowest BCUT2D eigenvalue weighted by molar-refractivity contribution is -0.113. The topological polar surface area (TPSA) is 20.3 Å². The lowest BCUT2D eigenvalue weighted by atomic mass is 9.94. The van der Waals surface area contributed by atoms with Gasteiger partial charge >= 0.3 is 0 Å². The minimum absolute atomic E-state index is 0.158. The first-order chi connectivity index (χ1) is 12.6. The minimum atomic E-state index is 0.158. The maximum Gasteiger partial charge on any atom is 0.187 e. The Labute approximate surface area is 164 Å². The maximum absolute atomic E-state index is 13.0. The number of hydrogen-bond acceptors (Lipinski definition) is 4. The number of benzene rings is 2. The molecule has 1 fully saturated rings. The van der Waals surface area contributed by atoms with E-state index in [0.29, 0.717) is 13.1 Å². The van der Waals surface area contributed by atoms with Crippen molar-refractivity contribution in [1.29, 1.82) is 0 Å². The Morgan fingerprint density at radius 1 is 0.769 bits per heavy atom. The van der Waals surface area contributed by atoms with E-state index >= 15 is 0 Å². The molecule has 0 spiro atoms. The summed E-state index contributed by atoms with van der Waals surface area (Å²) in [4.78, 5) is 17.6. The molecule has 1 heterocycles. The van der Waals surface area contributed by atoms with Crippen molar-refractivity contribution in [3.63, 3.8) is 0 Å². The Balaban J connectivity index is 1.86. The number of ketones is 1. The molecule has 2 nitrogen and oxygen atoms in total. The van der Waals surface area contributed by atoms with E-state index in [0.717, 1.165) is 22.3 Å². The van der Waals surface area contributed by atoms with Gasteiger partial charge in [0.25, 0.3) is 0 Å². The molecule has 4 heteroatoms. The van der Waals surface area contributed by atoms with Crippen LogP contribution in [0, 0.1) is 0 Å². The monoisotopic (exact) mass is 381 g/mol. The number of piperidine rings is 1. The molecule has 2 aromatic carbocycles. The Morgan fingerprint density at radius 3 is 1.50 bits per heavy atom. The highest BCUT2D eigenvalue weighted by molar-refractivity contribution is 7.98. The number of rotatable bonds is 4. The van der Waals surface area contributed by atoms with Gasteiger partial charge < -0.3 is 0 Å². The molecule has 134 valence electrons. The molecule has 0 aliphatic carbocycles. The lowest BCUT2D eigenvalue weighted by Gasteiger charge is -2.26. The molecule has 3 rings (SSSR count). The van der Waals surface area contributed by atoms with Gasteiger partial charge in [-0.2, -0.15) is 0 Å². The summed E-state index contributed by atoms with van der Waals surface area (Å²) in [7, 11) is 2.06. The van der Waals surface area contributed by atoms with Crippen LogP contribution in [0.25, 0.3) is 12.2 Å². The van der Waals surface area contributed by atoms with E-state index in [9.17, 15) is 4.79 Å². The third-order valence-corrected chi connectivity index (χ3v) is 5.86. The largest absolute Gasteiger partial charge is 0.298 e. The van der Waals surface area contributed by atoms with Gasteiger partial charge in [0, 0.05) is 34.0 Å². The first-order valence-corrected chi connectivity index (χ1v) is 11.0. The molecule has 26 heavy (non-hydrogen) atoms. The number of carbonyl (C=O) groups excluding carboxylic acids is 1. The van der Waals surface area contributed by atoms with E-state index in [-0.39, 0.29) is 5.78 Å². The number of likely N-dealkylation sites (N-methyl/N-ethyl adjacent to an activating group) is 1. The lowest BCUT2D eigenvalue weighted by Crippen LogP contribution is -2.34. The second-order valence-corrected chi connectivity index (χ2v) is 8.15. The van der Waals surface area contributed by atoms with Gasteiger partial charge in [-0.1, -0.05) is 24.3 Å². The van der Waals surface area contributed by atoms with Crippen LogP contribution < -0.4 is 0 Å². The third kappa shape index (κ3) is 4.70. The van der Waals surface area contributed by atoms with Crippen LogP contribution >= 0.6 is 23.5 Å². The highest BCUT2D eigenvalue weighted by Gasteiger charge is 2.23. The van der Waals surface area contributed by atoms with Crippen molar-refractivity contribution in [2.45, 2.75) is 9.79 Å². The van der Waals surface area contributed by atoms with E-state index < -0.39 is 0 Å². The molecule has 0 unspecified atom stereocenters. The summed E-state index contributed by atoms with van der Waals surface area (Å²) in [6.07, 6.45) is 8.17. The molecule has 0 amide bonds. The van der Waals surface area contributed by atoms with Gasteiger partial charge in [0.2, 0.25) is 0 Å². The summed E-state index contributed by atoms with van der Waals surface area (Å²) in [6.45, 7) is 1.37. The van der Waals surface area contributed by atoms with Gasteiger partial charge in [0.1, 0.15) is 0 Å². The molecule has 0 aromatic heterocycles. The van der Waals surface area contributed by atoms with Crippen LogP contribution in [0.3, 0.4) is 0 Å². The van der Waals surface area contributed by atoms with Gasteiger partial charge in [0.15, 0.2) is 5.78 Å². The summed E-state index contributed by atoms with van der Waals surface area (Å²) in [5.41, 5.74) is 3.85. The fraction of sp³-hybridized carbons (Fsp3) is 0.227. The fourth-order valence-electron chi connectivity index (χ4n) is 3.01. The van der Waals surface area contributed by atoms with Gasteiger partial charge in [0.05, 0.1) is 0 Å². The van der Waals surface area contributed by atoms with Crippen molar-refractivity contribution in [3.05, 3.63) is 70.8 Å². The van der Waals surface area contributed by atoms with Crippen LogP contribution in [0.15, 0.2) is 69.5 Å². The Kier molecular flexibility index (Phi) is 6.41. The first-order valence-electron chi connectivity index (χ1n) is 8.51. The molecular weight excluding hydrogens is 358 g/mol. The van der Waals surface area contributed by atoms with Crippen molar-refractivity contribution in [3.8, 4) is 0 Å². The Hall–Kier alpha value is -1.75. The maximum atomic E-state index is 13.0. The molecule has 1 aliphatic rings. The van der Waals surface area contributed by atoms with Gasteiger partial charge in [-0.05, 0) is 67.1 Å². The van der Waals surface area contributed by atoms with E-state index in [1.807, 2.05) is 12.2 Å². The van der Waals surface area contributed by atoms with Crippen molar-refractivity contribution in [2.75, 3.05) is 32.6 Å². The average Bonchev–Trinajstić information content (AvgIpc) is 2.66. The van der Waals surface area contributed by atoms with Crippen LogP contribution in [0.4, 0.5) is 0 Å². The van der Waals surface area contributed by atoms with E-state index in [1.165, 1.54) is 9.79 Å². The number of likely N-dealkylation sites (tertiary alicyclic amines) is 1. The standard InChI is InChI=1S/C22H23NOS2/c1-23-14-18(12-16-4-8-20(25-2)9-5-16)22(24)19(15-23)13-17-6-10-21(26-3)11-7-17/h4-13H,14-15H2,1-3H3/b18-12-,19-13-. The first kappa shape index (κ1) is 19.0. The molecule has 0 bridgehead atoms. The van der Waals surface area contributed by atoms with Crippen molar-refractivity contribution in [2.24, 2.45) is 0 Å². The van der Waals surface area contributed by atoms with Crippen LogP contribution in [0.5, 0.6) is 0 Å². The predicted octanol–water partition coefficient (Wildman–Crippen LogP) is 5.11. The highest BCUT2D eigenvalue weighted by Crippen LogP contribution is 2.23. The van der Waals surface area contributed by atoms with Gasteiger partial charge in [-0.15, -0.1) is 23.5 Å². The highest BCUT2D eigenvalue weighted by atomic mass is 32.2. The Bertz CT molecular complexity index is 766. The number of thioether (sulfide) groups is 2. The second-order valence-electron chi connectivity index (χ2n) is 6.39. The molecule has 0 saturated carbocycles. The SMILES string of the molecule is CSc1ccc(/C=C2/CN(C)C/C(=C/c3ccc(SC)cc3)C2=O)cc1. The summed E-state index contributed by atoms with van der Waals surface area (Å²) in [6, 6.07) is 16.7. The normalized spacial score (nSPS) is 18.7. The predicted molar refractivity (Wildman–Crippen MR) is 115 cm³/mol. The molecule has 0 N–H and O–H groups in total. The zero-order valence-corrected chi connectivity index (χ0v) is 17.0. The zero-order chi connectivity index (χ0) is 18.5. The third-order valence-electron chi connectivity index (χ3n) is 4.38.